The van der Waals surface area contributed by atoms with E-state index in [1.807, 2.05) is 23.1 Å². The van der Waals surface area contributed by atoms with Crippen LogP contribution in [0.15, 0.2) is 30.3 Å². The average Bonchev–Trinajstić information content (AvgIpc) is 3.19. The minimum atomic E-state index is 0.289. The van der Waals surface area contributed by atoms with E-state index in [4.69, 9.17) is 5.73 Å². The average molecular weight is 232 g/mol. The summed E-state index contributed by atoms with van der Waals surface area (Å²) in [5.74, 6) is 0.587. The predicted molar refractivity (Wildman–Crippen MR) is 68.5 cm³/mol. The van der Waals surface area contributed by atoms with Crippen LogP contribution < -0.4 is 5.73 Å². The quantitative estimate of drug-likeness (QED) is 0.806. The first kappa shape index (κ1) is 12.1. The van der Waals surface area contributed by atoms with E-state index in [1.165, 1.54) is 5.56 Å². The van der Waals surface area contributed by atoms with Gasteiger partial charge in [0.05, 0.1) is 0 Å². The van der Waals surface area contributed by atoms with Gasteiger partial charge in [-0.25, -0.2) is 0 Å². The molecule has 0 heterocycles. The van der Waals surface area contributed by atoms with Crippen molar-refractivity contribution < 1.29 is 4.79 Å². The van der Waals surface area contributed by atoms with Gasteiger partial charge in [-0.1, -0.05) is 30.3 Å². The molecule has 2 N–H and O–H groups in total. The molecular weight excluding hydrogens is 212 g/mol. The van der Waals surface area contributed by atoms with Gasteiger partial charge >= 0.3 is 0 Å². The SMILES string of the molecule is NCCN(CCc1ccccc1)C(=O)C1CC1. The largest absolute Gasteiger partial charge is 0.341 e. The fourth-order valence-electron chi connectivity index (χ4n) is 1.99. The predicted octanol–water partition coefficient (Wildman–Crippen LogP) is 1.43. The molecule has 1 amide bonds. The summed E-state index contributed by atoms with van der Waals surface area (Å²) in [6, 6.07) is 10.3. The highest BCUT2D eigenvalue weighted by Crippen LogP contribution is 2.30. The lowest BCUT2D eigenvalue weighted by atomic mass is 10.1. The second-order valence-electron chi connectivity index (χ2n) is 4.62. The Hall–Kier alpha value is -1.35. The molecule has 2 rings (SSSR count). The molecule has 92 valence electrons. The fraction of sp³-hybridized carbons (Fsp3) is 0.500. The number of carbonyl (C=O) groups is 1. The van der Waals surface area contributed by atoms with Crippen molar-refractivity contribution in [3.63, 3.8) is 0 Å². The normalized spacial score (nSPS) is 14.6. The number of amides is 1. The van der Waals surface area contributed by atoms with Crippen LogP contribution in [0.1, 0.15) is 18.4 Å². The first-order valence-corrected chi connectivity index (χ1v) is 6.34. The van der Waals surface area contributed by atoms with Crippen LogP contribution in [-0.2, 0) is 11.2 Å². The molecule has 17 heavy (non-hydrogen) atoms. The van der Waals surface area contributed by atoms with Gasteiger partial charge in [0.1, 0.15) is 0 Å². The van der Waals surface area contributed by atoms with Gasteiger partial charge in [-0.3, -0.25) is 4.79 Å². The second-order valence-corrected chi connectivity index (χ2v) is 4.62. The molecular formula is C14H20N2O. The van der Waals surface area contributed by atoms with E-state index in [0.717, 1.165) is 25.8 Å². The van der Waals surface area contributed by atoms with Crippen LogP contribution in [-0.4, -0.2) is 30.4 Å². The zero-order valence-corrected chi connectivity index (χ0v) is 10.1. The number of hydrogen-bond donors (Lipinski definition) is 1. The minimum absolute atomic E-state index is 0.289. The van der Waals surface area contributed by atoms with E-state index < -0.39 is 0 Å². The van der Waals surface area contributed by atoms with Crippen molar-refractivity contribution in [2.45, 2.75) is 19.3 Å². The topological polar surface area (TPSA) is 46.3 Å². The highest BCUT2D eigenvalue weighted by molar-refractivity contribution is 5.81. The Morgan fingerprint density at radius 1 is 1.24 bits per heavy atom. The Morgan fingerprint density at radius 2 is 1.94 bits per heavy atom. The van der Waals surface area contributed by atoms with E-state index in [0.29, 0.717) is 19.0 Å². The molecule has 1 fully saturated rings. The molecule has 1 aromatic rings. The van der Waals surface area contributed by atoms with Gasteiger partial charge in [0.25, 0.3) is 0 Å². The smallest absolute Gasteiger partial charge is 0.225 e. The molecule has 0 unspecified atom stereocenters. The van der Waals surface area contributed by atoms with Crippen molar-refractivity contribution in [2.24, 2.45) is 11.7 Å². The first-order chi connectivity index (χ1) is 8.31. The van der Waals surface area contributed by atoms with E-state index in [2.05, 4.69) is 12.1 Å². The van der Waals surface area contributed by atoms with Crippen molar-refractivity contribution in [3.05, 3.63) is 35.9 Å². The van der Waals surface area contributed by atoms with Gasteiger partial charge in [0.2, 0.25) is 5.91 Å². The summed E-state index contributed by atoms with van der Waals surface area (Å²) in [5, 5.41) is 0. The highest BCUT2D eigenvalue weighted by atomic mass is 16.2. The summed E-state index contributed by atoms with van der Waals surface area (Å²) in [5.41, 5.74) is 6.84. The summed E-state index contributed by atoms with van der Waals surface area (Å²) in [7, 11) is 0. The number of hydrogen-bond acceptors (Lipinski definition) is 2. The van der Waals surface area contributed by atoms with Crippen LogP contribution in [0.5, 0.6) is 0 Å². The van der Waals surface area contributed by atoms with Crippen molar-refractivity contribution in [2.75, 3.05) is 19.6 Å². The van der Waals surface area contributed by atoms with Crippen LogP contribution in [0.2, 0.25) is 0 Å². The zero-order valence-electron chi connectivity index (χ0n) is 10.1. The summed E-state index contributed by atoms with van der Waals surface area (Å²) < 4.78 is 0. The van der Waals surface area contributed by atoms with Crippen LogP contribution in [0.25, 0.3) is 0 Å². The lowest BCUT2D eigenvalue weighted by molar-refractivity contribution is -0.132. The number of benzene rings is 1. The first-order valence-electron chi connectivity index (χ1n) is 6.34. The Morgan fingerprint density at radius 3 is 2.53 bits per heavy atom. The van der Waals surface area contributed by atoms with Gasteiger partial charge in [0.15, 0.2) is 0 Å². The molecule has 0 radical (unpaired) electrons. The van der Waals surface area contributed by atoms with Gasteiger partial charge in [-0.15, -0.1) is 0 Å². The highest BCUT2D eigenvalue weighted by Gasteiger charge is 2.32. The van der Waals surface area contributed by atoms with Crippen LogP contribution >= 0.6 is 0 Å². The fourth-order valence-corrected chi connectivity index (χ4v) is 1.99. The maximum absolute atomic E-state index is 12.0. The van der Waals surface area contributed by atoms with Crippen molar-refractivity contribution in [1.29, 1.82) is 0 Å². The summed E-state index contributed by atoms with van der Waals surface area (Å²) >= 11 is 0. The summed E-state index contributed by atoms with van der Waals surface area (Å²) in [6.07, 6.45) is 3.04. The van der Waals surface area contributed by atoms with Gasteiger partial charge in [0, 0.05) is 25.6 Å². The molecule has 3 heteroatoms. The van der Waals surface area contributed by atoms with E-state index in [9.17, 15) is 4.79 Å². The van der Waals surface area contributed by atoms with Crippen molar-refractivity contribution in [3.8, 4) is 0 Å². The molecule has 0 saturated heterocycles. The summed E-state index contributed by atoms with van der Waals surface area (Å²) in [6.45, 7) is 2.02. The van der Waals surface area contributed by atoms with E-state index >= 15 is 0 Å². The Bertz CT molecular complexity index is 360. The molecule has 1 aliphatic rings. The standard InChI is InChI=1S/C14H20N2O/c15-9-11-16(14(17)13-6-7-13)10-8-12-4-2-1-3-5-12/h1-5,13H,6-11,15H2. The molecule has 1 saturated carbocycles. The Balaban J connectivity index is 1.86. The third kappa shape index (κ3) is 3.56. The zero-order chi connectivity index (χ0) is 12.1. The van der Waals surface area contributed by atoms with Crippen LogP contribution in [0.4, 0.5) is 0 Å². The number of carbonyl (C=O) groups excluding carboxylic acids is 1. The number of rotatable bonds is 6. The third-order valence-electron chi connectivity index (χ3n) is 3.15. The molecule has 3 nitrogen and oxygen atoms in total. The maximum Gasteiger partial charge on any atom is 0.225 e. The summed E-state index contributed by atoms with van der Waals surface area (Å²) in [4.78, 5) is 13.9. The van der Waals surface area contributed by atoms with Crippen molar-refractivity contribution in [1.82, 2.24) is 4.90 Å². The molecule has 0 spiro atoms. The van der Waals surface area contributed by atoms with Gasteiger partial charge in [-0.05, 0) is 24.8 Å². The van der Waals surface area contributed by atoms with Gasteiger partial charge < -0.3 is 10.6 Å². The van der Waals surface area contributed by atoms with Crippen LogP contribution in [0.3, 0.4) is 0 Å². The maximum atomic E-state index is 12.0. The monoisotopic (exact) mass is 232 g/mol. The Labute approximate surface area is 103 Å². The Kier molecular flexibility index (Phi) is 4.15. The molecule has 0 aromatic heterocycles. The molecule has 0 bridgehead atoms. The molecule has 0 atom stereocenters. The van der Waals surface area contributed by atoms with Gasteiger partial charge in [-0.2, -0.15) is 0 Å². The third-order valence-corrected chi connectivity index (χ3v) is 3.15. The minimum Gasteiger partial charge on any atom is -0.341 e. The second kappa shape index (κ2) is 5.82. The van der Waals surface area contributed by atoms with E-state index in [-0.39, 0.29) is 5.92 Å². The van der Waals surface area contributed by atoms with Crippen molar-refractivity contribution >= 4 is 5.91 Å². The van der Waals surface area contributed by atoms with Crippen LogP contribution in [0, 0.1) is 5.92 Å². The lowest BCUT2D eigenvalue weighted by Crippen LogP contribution is -2.37. The molecule has 1 aliphatic carbocycles. The molecule has 1 aromatic carbocycles. The number of nitrogens with two attached hydrogens (primary N) is 1. The lowest BCUT2D eigenvalue weighted by Gasteiger charge is -2.22. The number of nitrogens with zero attached hydrogens (tertiary/aromatic N) is 1. The molecule has 0 aliphatic heterocycles. The van der Waals surface area contributed by atoms with E-state index in [1.54, 1.807) is 0 Å².